The number of aryl methyl sites for hydroxylation is 1. The number of benzene rings is 1. The van der Waals surface area contributed by atoms with Gasteiger partial charge in [0.1, 0.15) is 5.82 Å². The van der Waals surface area contributed by atoms with Gasteiger partial charge in [-0.15, -0.1) is 0 Å². The van der Waals surface area contributed by atoms with E-state index < -0.39 is 0 Å². The predicted molar refractivity (Wildman–Crippen MR) is 52.3 cm³/mol. The Morgan fingerprint density at radius 1 is 1.23 bits per heavy atom. The smallest absolute Gasteiger partial charge is 0.123 e. The molecule has 1 aliphatic carbocycles. The third-order valence-corrected chi connectivity index (χ3v) is 3.04. The molecular formula is C12H15F. The Labute approximate surface area is 78.8 Å². The van der Waals surface area contributed by atoms with E-state index in [1.165, 1.54) is 36.8 Å². The van der Waals surface area contributed by atoms with Gasteiger partial charge in [-0.2, -0.15) is 0 Å². The first-order valence-corrected chi connectivity index (χ1v) is 5.03. The molecule has 0 spiro atoms. The molecule has 0 aliphatic heterocycles. The lowest BCUT2D eigenvalue weighted by atomic mass is 9.93. The van der Waals surface area contributed by atoms with Crippen LogP contribution < -0.4 is 0 Å². The van der Waals surface area contributed by atoms with E-state index >= 15 is 0 Å². The summed E-state index contributed by atoms with van der Waals surface area (Å²) in [6.07, 6.45) is 5.09. The molecule has 1 aromatic rings. The molecule has 0 aromatic heterocycles. The molecule has 0 unspecified atom stereocenters. The van der Waals surface area contributed by atoms with Gasteiger partial charge in [-0.3, -0.25) is 0 Å². The highest BCUT2D eigenvalue weighted by molar-refractivity contribution is 5.30. The molecule has 0 saturated heterocycles. The monoisotopic (exact) mass is 178 g/mol. The van der Waals surface area contributed by atoms with E-state index in [9.17, 15) is 4.39 Å². The summed E-state index contributed by atoms with van der Waals surface area (Å²) in [6, 6.07) is 5.15. The van der Waals surface area contributed by atoms with Crippen molar-refractivity contribution in [3.05, 3.63) is 35.1 Å². The molecular weight excluding hydrogens is 163 g/mol. The van der Waals surface area contributed by atoms with Gasteiger partial charge >= 0.3 is 0 Å². The van der Waals surface area contributed by atoms with E-state index in [0.717, 1.165) is 0 Å². The Bertz CT molecular complexity index is 298. The summed E-state index contributed by atoms with van der Waals surface area (Å²) < 4.78 is 13.0. The third-order valence-electron chi connectivity index (χ3n) is 3.04. The molecule has 70 valence electrons. The van der Waals surface area contributed by atoms with Crippen LogP contribution in [0.3, 0.4) is 0 Å². The maximum absolute atomic E-state index is 13.0. The van der Waals surface area contributed by atoms with Crippen molar-refractivity contribution in [1.82, 2.24) is 0 Å². The van der Waals surface area contributed by atoms with Crippen molar-refractivity contribution < 1.29 is 4.39 Å². The van der Waals surface area contributed by atoms with Crippen LogP contribution in [0.5, 0.6) is 0 Å². The Balaban J connectivity index is 2.32. The summed E-state index contributed by atoms with van der Waals surface area (Å²) in [7, 11) is 0. The minimum absolute atomic E-state index is 0.0903. The fourth-order valence-corrected chi connectivity index (χ4v) is 2.29. The second kappa shape index (κ2) is 3.49. The highest BCUT2D eigenvalue weighted by atomic mass is 19.1. The van der Waals surface area contributed by atoms with Crippen LogP contribution in [0.25, 0.3) is 0 Å². The Morgan fingerprint density at radius 3 is 2.62 bits per heavy atom. The average molecular weight is 178 g/mol. The zero-order chi connectivity index (χ0) is 9.26. The quantitative estimate of drug-likeness (QED) is 0.613. The van der Waals surface area contributed by atoms with Gasteiger partial charge in [0, 0.05) is 0 Å². The molecule has 0 amide bonds. The first-order valence-electron chi connectivity index (χ1n) is 5.03. The predicted octanol–water partition coefficient (Wildman–Crippen LogP) is 3.79. The summed E-state index contributed by atoms with van der Waals surface area (Å²) in [6.45, 7) is 2.08. The minimum atomic E-state index is -0.0903. The highest BCUT2D eigenvalue weighted by Crippen LogP contribution is 2.35. The topological polar surface area (TPSA) is 0 Å². The molecule has 1 fully saturated rings. The zero-order valence-corrected chi connectivity index (χ0v) is 8.02. The van der Waals surface area contributed by atoms with Crippen LogP contribution in [-0.2, 0) is 0 Å². The van der Waals surface area contributed by atoms with E-state index in [1.54, 1.807) is 12.1 Å². The molecule has 1 aliphatic rings. The molecule has 0 atom stereocenters. The number of rotatable bonds is 1. The second-order valence-electron chi connectivity index (χ2n) is 3.98. The maximum atomic E-state index is 13.0. The van der Waals surface area contributed by atoms with Crippen LogP contribution in [0.2, 0.25) is 0 Å². The van der Waals surface area contributed by atoms with Gasteiger partial charge in [-0.25, -0.2) is 4.39 Å². The van der Waals surface area contributed by atoms with Crippen molar-refractivity contribution in [3.8, 4) is 0 Å². The molecule has 0 N–H and O–H groups in total. The first kappa shape index (κ1) is 8.74. The average Bonchev–Trinajstić information content (AvgIpc) is 2.61. The Morgan fingerprint density at radius 2 is 1.92 bits per heavy atom. The van der Waals surface area contributed by atoms with E-state index in [0.29, 0.717) is 5.92 Å². The van der Waals surface area contributed by atoms with Gasteiger partial charge in [-0.05, 0) is 48.9 Å². The Kier molecular flexibility index (Phi) is 2.34. The van der Waals surface area contributed by atoms with Crippen LogP contribution in [-0.4, -0.2) is 0 Å². The van der Waals surface area contributed by atoms with Crippen molar-refractivity contribution in [2.45, 2.75) is 38.5 Å². The van der Waals surface area contributed by atoms with Crippen LogP contribution in [0.1, 0.15) is 42.7 Å². The molecule has 0 radical (unpaired) electrons. The van der Waals surface area contributed by atoms with Crippen molar-refractivity contribution in [3.63, 3.8) is 0 Å². The molecule has 1 aromatic carbocycles. The lowest BCUT2D eigenvalue weighted by Gasteiger charge is -2.12. The molecule has 0 nitrogen and oxygen atoms in total. The molecule has 1 heteroatoms. The van der Waals surface area contributed by atoms with Crippen LogP contribution in [0.15, 0.2) is 18.2 Å². The van der Waals surface area contributed by atoms with Crippen molar-refractivity contribution in [1.29, 1.82) is 0 Å². The van der Waals surface area contributed by atoms with Crippen molar-refractivity contribution >= 4 is 0 Å². The summed E-state index contributed by atoms with van der Waals surface area (Å²) in [5, 5.41) is 0. The fourth-order valence-electron chi connectivity index (χ4n) is 2.29. The molecule has 1 saturated carbocycles. The number of hydrogen-bond donors (Lipinski definition) is 0. The summed E-state index contributed by atoms with van der Waals surface area (Å²) >= 11 is 0. The number of hydrogen-bond acceptors (Lipinski definition) is 0. The van der Waals surface area contributed by atoms with Crippen LogP contribution >= 0.6 is 0 Å². The standard InChI is InChI=1S/C12H15F/c1-9-6-7-11(13)8-12(9)10-4-2-3-5-10/h6-8,10H,2-5H2,1H3. The third kappa shape index (κ3) is 1.74. The molecule has 2 rings (SSSR count). The van der Waals surface area contributed by atoms with E-state index in [-0.39, 0.29) is 5.82 Å². The van der Waals surface area contributed by atoms with E-state index in [1.807, 2.05) is 6.07 Å². The van der Waals surface area contributed by atoms with E-state index in [4.69, 9.17) is 0 Å². The number of halogens is 1. The van der Waals surface area contributed by atoms with Gasteiger partial charge < -0.3 is 0 Å². The van der Waals surface area contributed by atoms with Crippen molar-refractivity contribution in [2.75, 3.05) is 0 Å². The van der Waals surface area contributed by atoms with Crippen molar-refractivity contribution in [2.24, 2.45) is 0 Å². The van der Waals surface area contributed by atoms with Gasteiger partial charge in [0.2, 0.25) is 0 Å². The van der Waals surface area contributed by atoms with Gasteiger partial charge in [0.25, 0.3) is 0 Å². The summed E-state index contributed by atoms with van der Waals surface area (Å²) in [5.41, 5.74) is 2.48. The second-order valence-corrected chi connectivity index (χ2v) is 3.98. The SMILES string of the molecule is Cc1ccc(F)cc1C1CCCC1. The van der Waals surface area contributed by atoms with Gasteiger partial charge in [0.05, 0.1) is 0 Å². The lowest BCUT2D eigenvalue weighted by molar-refractivity contribution is 0.617. The minimum Gasteiger partial charge on any atom is -0.207 e. The fraction of sp³-hybridized carbons (Fsp3) is 0.500. The van der Waals surface area contributed by atoms with Crippen LogP contribution in [0, 0.1) is 12.7 Å². The summed E-state index contributed by atoms with van der Waals surface area (Å²) in [4.78, 5) is 0. The first-order chi connectivity index (χ1) is 6.27. The van der Waals surface area contributed by atoms with Gasteiger partial charge in [0.15, 0.2) is 0 Å². The molecule has 0 heterocycles. The largest absolute Gasteiger partial charge is 0.207 e. The maximum Gasteiger partial charge on any atom is 0.123 e. The molecule has 13 heavy (non-hydrogen) atoms. The van der Waals surface area contributed by atoms with E-state index in [2.05, 4.69) is 6.92 Å². The van der Waals surface area contributed by atoms with Crippen LogP contribution in [0.4, 0.5) is 4.39 Å². The normalized spacial score (nSPS) is 18.0. The zero-order valence-electron chi connectivity index (χ0n) is 8.02. The highest BCUT2D eigenvalue weighted by Gasteiger charge is 2.18. The summed E-state index contributed by atoms with van der Waals surface area (Å²) in [5.74, 6) is 0.531. The van der Waals surface area contributed by atoms with Gasteiger partial charge in [-0.1, -0.05) is 18.9 Å². The molecule has 0 bridgehead atoms. The Hall–Kier alpha value is -0.850. The lowest BCUT2D eigenvalue weighted by Crippen LogP contribution is -1.96.